The van der Waals surface area contributed by atoms with E-state index < -0.39 is 0 Å². The standard InChI is InChI=1S/C52H33NS/c1-2-12-35(13-3-1)41-15-8-10-20-47(41)53(48-33-50-52(45-18-7-6-17-44(45)48)46-19-9-11-21-49(46)54-50)40-29-26-34(27-30-40)38-28-31-43-39(32-38)25-24-37-23-22-36-14-4-5-16-42(36)51(37)43/h1-33H. The third kappa shape index (κ3) is 4.92. The fourth-order valence-electron chi connectivity index (χ4n) is 8.51. The van der Waals surface area contributed by atoms with Crippen molar-refractivity contribution in [3.8, 4) is 22.3 Å². The number of nitrogens with zero attached hydrogens (tertiary/aromatic N) is 1. The summed E-state index contributed by atoms with van der Waals surface area (Å²) in [5.74, 6) is 0. The van der Waals surface area contributed by atoms with Gasteiger partial charge in [0.25, 0.3) is 0 Å². The fraction of sp³-hybridized carbons (Fsp3) is 0. The molecule has 1 aromatic heterocycles. The molecule has 0 aliphatic carbocycles. The van der Waals surface area contributed by atoms with Gasteiger partial charge in [-0.2, -0.15) is 0 Å². The second-order valence-corrected chi connectivity index (χ2v) is 15.1. The van der Waals surface area contributed by atoms with Crippen LogP contribution in [0.5, 0.6) is 0 Å². The molecule has 11 aromatic rings. The Balaban J connectivity index is 1.10. The van der Waals surface area contributed by atoms with Crippen molar-refractivity contribution in [1.82, 2.24) is 0 Å². The van der Waals surface area contributed by atoms with Gasteiger partial charge in [0.2, 0.25) is 0 Å². The molecule has 11 rings (SSSR count). The van der Waals surface area contributed by atoms with Gasteiger partial charge in [-0.1, -0.05) is 164 Å². The quantitative estimate of drug-likeness (QED) is 0.161. The van der Waals surface area contributed by atoms with Gasteiger partial charge in [-0.3, -0.25) is 0 Å². The average Bonchev–Trinajstić information content (AvgIpc) is 3.63. The van der Waals surface area contributed by atoms with Crippen LogP contribution in [0, 0.1) is 0 Å². The number of fused-ring (bicyclic) bond motifs is 10. The summed E-state index contributed by atoms with van der Waals surface area (Å²) in [5.41, 5.74) is 8.22. The second-order valence-electron chi connectivity index (χ2n) is 14.1. The molecule has 10 aromatic carbocycles. The van der Waals surface area contributed by atoms with Gasteiger partial charge in [0, 0.05) is 36.8 Å². The Kier molecular flexibility index (Phi) is 7.11. The molecule has 0 saturated carbocycles. The average molecular weight is 704 g/mol. The smallest absolute Gasteiger partial charge is 0.0554 e. The van der Waals surface area contributed by atoms with Gasteiger partial charge in [0.15, 0.2) is 0 Å². The van der Waals surface area contributed by atoms with Crippen LogP contribution >= 0.6 is 11.3 Å². The SMILES string of the molecule is c1ccc(-c2ccccc2N(c2ccc(-c3ccc4c(ccc5ccc6ccccc6c54)c3)cc2)c2cc3sc4ccccc4c3c3ccccc23)cc1. The Morgan fingerprint density at radius 2 is 0.944 bits per heavy atom. The van der Waals surface area contributed by atoms with Crippen molar-refractivity contribution < 1.29 is 0 Å². The van der Waals surface area contributed by atoms with E-state index in [1.165, 1.54) is 91.2 Å². The lowest BCUT2D eigenvalue weighted by Crippen LogP contribution is -2.11. The van der Waals surface area contributed by atoms with Crippen molar-refractivity contribution >= 4 is 91.7 Å². The van der Waals surface area contributed by atoms with Gasteiger partial charge >= 0.3 is 0 Å². The van der Waals surface area contributed by atoms with E-state index in [9.17, 15) is 0 Å². The first-order valence-electron chi connectivity index (χ1n) is 18.5. The normalized spacial score (nSPS) is 11.7. The number of rotatable bonds is 5. The summed E-state index contributed by atoms with van der Waals surface area (Å²) in [5, 5.41) is 12.9. The topological polar surface area (TPSA) is 3.24 Å². The Morgan fingerprint density at radius 1 is 0.315 bits per heavy atom. The molecule has 0 aliphatic heterocycles. The minimum Gasteiger partial charge on any atom is -0.309 e. The predicted molar refractivity (Wildman–Crippen MR) is 235 cm³/mol. The van der Waals surface area contributed by atoms with Crippen molar-refractivity contribution in [2.45, 2.75) is 0 Å². The highest BCUT2D eigenvalue weighted by Crippen LogP contribution is 2.48. The van der Waals surface area contributed by atoms with Crippen LogP contribution in [0.3, 0.4) is 0 Å². The Hall–Kier alpha value is -6.74. The lowest BCUT2D eigenvalue weighted by molar-refractivity contribution is 1.30. The predicted octanol–water partition coefficient (Wildman–Crippen LogP) is 15.5. The third-order valence-electron chi connectivity index (χ3n) is 11.0. The minimum absolute atomic E-state index is 1.12. The number of para-hydroxylation sites is 1. The summed E-state index contributed by atoms with van der Waals surface area (Å²) in [6.45, 7) is 0. The van der Waals surface area contributed by atoms with E-state index in [-0.39, 0.29) is 0 Å². The van der Waals surface area contributed by atoms with E-state index in [1.54, 1.807) is 0 Å². The van der Waals surface area contributed by atoms with E-state index in [4.69, 9.17) is 0 Å². The van der Waals surface area contributed by atoms with Crippen LogP contribution in [-0.4, -0.2) is 0 Å². The minimum atomic E-state index is 1.12. The first-order chi connectivity index (χ1) is 26.8. The third-order valence-corrected chi connectivity index (χ3v) is 12.1. The molecule has 0 amide bonds. The van der Waals surface area contributed by atoms with E-state index in [0.29, 0.717) is 0 Å². The van der Waals surface area contributed by atoms with Crippen molar-refractivity contribution in [3.63, 3.8) is 0 Å². The molecule has 1 heterocycles. The molecule has 54 heavy (non-hydrogen) atoms. The molecule has 1 nitrogen and oxygen atoms in total. The molecule has 252 valence electrons. The van der Waals surface area contributed by atoms with Gasteiger partial charge in [-0.25, -0.2) is 0 Å². The van der Waals surface area contributed by atoms with Crippen LogP contribution in [0.2, 0.25) is 0 Å². The first kappa shape index (κ1) is 30.8. The van der Waals surface area contributed by atoms with Gasteiger partial charge in [0.1, 0.15) is 0 Å². The van der Waals surface area contributed by atoms with Crippen molar-refractivity contribution in [2.24, 2.45) is 0 Å². The van der Waals surface area contributed by atoms with Crippen molar-refractivity contribution in [1.29, 1.82) is 0 Å². The van der Waals surface area contributed by atoms with Crippen LogP contribution < -0.4 is 4.90 Å². The molecule has 0 radical (unpaired) electrons. The zero-order valence-corrected chi connectivity index (χ0v) is 30.2. The van der Waals surface area contributed by atoms with Crippen LogP contribution in [0.15, 0.2) is 200 Å². The zero-order valence-electron chi connectivity index (χ0n) is 29.4. The Morgan fingerprint density at radius 3 is 1.80 bits per heavy atom. The molecule has 0 atom stereocenters. The molecule has 0 unspecified atom stereocenters. The molecule has 0 fully saturated rings. The molecule has 0 bridgehead atoms. The summed E-state index contributed by atoms with van der Waals surface area (Å²) in [4.78, 5) is 2.47. The highest BCUT2D eigenvalue weighted by Gasteiger charge is 2.22. The molecule has 2 heteroatoms. The van der Waals surface area contributed by atoms with Crippen LogP contribution in [0.4, 0.5) is 17.1 Å². The van der Waals surface area contributed by atoms with Crippen LogP contribution in [0.25, 0.3) is 85.5 Å². The van der Waals surface area contributed by atoms with Gasteiger partial charge in [-0.05, 0) is 90.8 Å². The molecule has 0 aliphatic rings. The highest BCUT2D eigenvalue weighted by molar-refractivity contribution is 7.26. The number of hydrogen-bond donors (Lipinski definition) is 0. The maximum absolute atomic E-state index is 2.47. The van der Waals surface area contributed by atoms with E-state index in [1.807, 2.05) is 11.3 Å². The number of anilines is 3. The largest absolute Gasteiger partial charge is 0.309 e. The van der Waals surface area contributed by atoms with Crippen molar-refractivity contribution in [2.75, 3.05) is 4.90 Å². The summed E-state index contributed by atoms with van der Waals surface area (Å²) in [6.07, 6.45) is 0. The van der Waals surface area contributed by atoms with E-state index in [0.717, 1.165) is 11.4 Å². The van der Waals surface area contributed by atoms with Crippen molar-refractivity contribution in [3.05, 3.63) is 200 Å². The number of benzene rings is 10. The number of hydrogen-bond acceptors (Lipinski definition) is 2. The lowest BCUT2D eigenvalue weighted by atomic mass is 9.94. The summed E-state index contributed by atoms with van der Waals surface area (Å²) >= 11 is 1.87. The zero-order chi connectivity index (χ0) is 35.6. The van der Waals surface area contributed by atoms with Crippen LogP contribution in [-0.2, 0) is 0 Å². The molecule has 0 N–H and O–H groups in total. The fourth-order valence-corrected chi connectivity index (χ4v) is 9.67. The van der Waals surface area contributed by atoms with Gasteiger partial charge < -0.3 is 4.90 Å². The maximum Gasteiger partial charge on any atom is 0.0554 e. The maximum atomic E-state index is 2.47. The summed E-state index contributed by atoms with van der Waals surface area (Å²) in [6, 6.07) is 73.5. The highest BCUT2D eigenvalue weighted by atomic mass is 32.1. The molecular weight excluding hydrogens is 671 g/mol. The van der Waals surface area contributed by atoms with Gasteiger partial charge in [0.05, 0.1) is 11.4 Å². The first-order valence-corrected chi connectivity index (χ1v) is 19.3. The second kappa shape index (κ2) is 12.4. The van der Waals surface area contributed by atoms with Gasteiger partial charge in [-0.15, -0.1) is 11.3 Å². The Bertz CT molecular complexity index is 3210. The van der Waals surface area contributed by atoms with E-state index >= 15 is 0 Å². The summed E-state index contributed by atoms with van der Waals surface area (Å²) in [7, 11) is 0. The molecule has 0 saturated heterocycles. The summed E-state index contributed by atoms with van der Waals surface area (Å²) < 4.78 is 2.60. The number of thiophene rings is 1. The lowest BCUT2D eigenvalue weighted by Gasteiger charge is -2.29. The molecular formula is C52H33NS. The Labute approximate surface area is 317 Å². The monoisotopic (exact) mass is 703 g/mol. The molecule has 0 spiro atoms. The van der Waals surface area contributed by atoms with E-state index in [2.05, 4.69) is 205 Å². The van der Waals surface area contributed by atoms with Crippen LogP contribution in [0.1, 0.15) is 0 Å².